The van der Waals surface area contributed by atoms with Crippen molar-refractivity contribution in [1.82, 2.24) is 4.90 Å². The van der Waals surface area contributed by atoms with Crippen LogP contribution in [-0.4, -0.2) is 46.0 Å². The molecule has 0 aliphatic carbocycles. The summed E-state index contributed by atoms with van der Waals surface area (Å²) in [7, 11) is 0. The molecule has 1 saturated heterocycles. The predicted molar refractivity (Wildman–Crippen MR) is 69.2 cm³/mol. The fourth-order valence-electron chi connectivity index (χ4n) is 2.04. The van der Waals surface area contributed by atoms with E-state index in [9.17, 15) is 9.59 Å². The van der Waals surface area contributed by atoms with Crippen LogP contribution in [0.3, 0.4) is 0 Å². The van der Waals surface area contributed by atoms with Crippen LogP contribution in [0.2, 0.25) is 0 Å². The molecule has 0 spiro atoms. The topological polar surface area (TPSA) is 57.6 Å². The first kappa shape index (κ1) is 14.4. The Hall–Kier alpha value is -0.710. The Morgan fingerprint density at radius 1 is 1.41 bits per heavy atom. The van der Waals surface area contributed by atoms with Crippen molar-refractivity contribution in [1.29, 1.82) is 0 Å². The Bertz CT molecular complexity index is 283. The molecule has 17 heavy (non-hydrogen) atoms. The summed E-state index contributed by atoms with van der Waals surface area (Å²) >= 11 is 1.63. The van der Waals surface area contributed by atoms with Crippen molar-refractivity contribution in [3.05, 3.63) is 0 Å². The molecule has 1 N–H and O–H groups in total. The van der Waals surface area contributed by atoms with Crippen molar-refractivity contribution in [3.63, 3.8) is 0 Å². The van der Waals surface area contributed by atoms with Crippen LogP contribution >= 0.6 is 11.8 Å². The van der Waals surface area contributed by atoms with Gasteiger partial charge in [-0.3, -0.25) is 9.59 Å². The summed E-state index contributed by atoms with van der Waals surface area (Å²) in [5.74, 6) is 0.380. The van der Waals surface area contributed by atoms with Crippen LogP contribution in [0.15, 0.2) is 0 Å². The molecule has 1 aliphatic rings. The van der Waals surface area contributed by atoms with Gasteiger partial charge in [-0.15, -0.1) is 0 Å². The number of carboxylic acids is 1. The molecule has 4 nitrogen and oxygen atoms in total. The number of carbonyl (C=O) groups excluding carboxylic acids is 1. The number of hydrogen-bond acceptors (Lipinski definition) is 3. The largest absolute Gasteiger partial charge is 0.481 e. The molecule has 0 aromatic heterocycles. The zero-order valence-corrected chi connectivity index (χ0v) is 11.3. The molecule has 98 valence electrons. The number of nitrogens with zero attached hydrogens (tertiary/aromatic N) is 1. The van der Waals surface area contributed by atoms with E-state index in [1.807, 2.05) is 6.92 Å². The Labute approximate surface area is 107 Å². The normalized spacial score (nSPS) is 24.7. The summed E-state index contributed by atoms with van der Waals surface area (Å²) in [6.45, 7) is 4.46. The summed E-state index contributed by atoms with van der Waals surface area (Å²) in [5, 5.41) is 9.00. The minimum atomic E-state index is -0.782. The van der Waals surface area contributed by atoms with Crippen LogP contribution in [0.1, 0.15) is 33.1 Å². The maximum absolute atomic E-state index is 12.0. The number of amides is 1. The number of hydrogen-bond donors (Lipinski definition) is 1. The van der Waals surface area contributed by atoms with Crippen molar-refractivity contribution in [2.45, 2.75) is 39.2 Å². The van der Waals surface area contributed by atoms with E-state index in [4.69, 9.17) is 5.11 Å². The van der Waals surface area contributed by atoms with E-state index in [-0.39, 0.29) is 17.9 Å². The Morgan fingerprint density at radius 2 is 2.12 bits per heavy atom. The molecule has 1 rings (SSSR count). The van der Waals surface area contributed by atoms with Crippen molar-refractivity contribution < 1.29 is 14.7 Å². The lowest BCUT2D eigenvalue weighted by Gasteiger charge is -2.36. The maximum atomic E-state index is 12.0. The standard InChI is InChI=1S/C12H21NO3S/c1-3-6-17-8-11(14)13-7-10(12(15)16)5-4-9(13)2/h9-10H,3-8H2,1-2H3,(H,15,16). The third-order valence-electron chi connectivity index (χ3n) is 3.13. The Morgan fingerprint density at radius 3 is 2.71 bits per heavy atom. The van der Waals surface area contributed by atoms with Crippen molar-refractivity contribution in [2.24, 2.45) is 5.92 Å². The van der Waals surface area contributed by atoms with E-state index in [0.717, 1.165) is 18.6 Å². The molecular weight excluding hydrogens is 238 g/mol. The summed E-state index contributed by atoms with van der Waals surface area (Å²) in [6.07, 6.45) is 2.54. The second kappa shape index (κ2) is 6.89. The first-order valence-corrected chi connectivity index (χ1v) is 7.31. The van der Waals surface area contributed by atoms with E-state index in [1.165, 1.54) is 0 Å². The molecule has 1 fully saturated rings. The smallest absolute Gasteiger partial charge is 0.308 e. The number of aliphatic carboxylic acids is 1. The second-order valence-corrected chi connectivity index (χ2v) is 5.67. The molecule has 1 aliphatic heterocycles. The van der Waals surface area contributed by atoms with Gasteiger partial charge >= 0.3 is 5.97 Å². The third-order valence-corrected chi connectivity index (χ3v) is 4.27. The summed E-state index contributed by atoms with van der Waals surface area (Å²) < 4.78 is 0. The average Bonchev–Trinajstić information content (AvgIpc) is 2.29. The van der Waals surface area contributed by atoms with E-state index >= 15 is 0 Å². The lowest BCUT2D eigenvalue weighted by atomic mass is 9.93. The summed E-state index contributed by atoms with van der Waals surface area (Å²) in [6, 6.07) is 0.181. The van der Waals surface area contributed by atoms with E-state index in [2.05, 4.69) is 6.92 Å². The molecule has 0 radical (unpaired) electrons. The number of rotatable bonds is 5. The second-order valence-electron chi connectivity index (χ2n) is 4.56. The zero-order chi connectivity index (χ0) is 12.8. The summed E-state index contributed by atoms with van der Waals surface area (Å²) in [4.78, 5) is 24.7. The average molecular weight is 259 g/mol. The lowest BCUT2D eigenvalue weighted by molar-refractivity contribution is -0.146. The van der Waals surface area contributed by atoms with Gasteiger partial charge in [-0.25, -0.2) is 0 Å². The van der Waals surface area contributed by atoms with Gasteiger partial charge in [-0.2, -0.15) is 11.8 Å². The highest BCUT2D eigenvalue weighted by Gasteiger charge is 2.32. The van der Waals surface area contributed by atoms with Crippen molar-refractivity contribution in [3.8, 4) is 0 Å². The van der Waals surface area contributed by atoms with E-state index < -0.39 is 5.97 Å². The quantitative estimate of drug-likeness (QED) is 0.765. The number of thioether (sulfide) groups is 1. The van der Waals surface area contributed by atoms with Gasteiger partial charge < -0.3 is 10.0 Å². The molecule has 0 saturated carbocycles. The molecule has 1 amide bonds. The predicted octanol–water partition coefficient (Wildman–Crippen LogP) is 1.84. The third kappa shape index (κ3) is 4.22. The van der Waals surface area contributed by atoms with Crippen LogP contribution in [0.5, 0.6) is 0 Å². The zero-order valence-electron chi connectivity index (χ0n) is 10.5. The van der Waals surface area contributed by atoms with E-state index in [1.54, 1.807) is 16.7 Å². The number of carbonyl (C=O) groups is 2. The number of likely N-dealkylation sites (tertiary alicyclic amines) is 1. The highest BCUT2D eigenvalue weighted by Crippen LogP contribution is 2.23. The van der Waals surface area contributed by atoms with Gasteiger partial charge in [-0.1, -0.05) is 6.92 Å². The minimum Gasteiger partial charge on any atom is -0.481 e. The van der Waals surface area contributed by atoms with Gasteiger partial charge in [0.15, 0.2) is 0 Å². The van der Waals surface area contributed by atoms with Crippen LogP contribution in [0.4, 0.5) is 0 Å². The Kier molecular flexibility index (Phi) is 5.82. The van der Waals surface area contributed by atoms with Crippen LogP contribution in [0.25, 0.3) is 0 Å². The molecule has 0 bridgehead atoms. The summed E-state index contributed by atoms with van der Waals surface area (Å²) in [5.41, 5.74) is 0. The van der Waals surface area contributed by atoms with Gasteiger partial charge in [0.2, 0.25) is 5.91 Å². The van der Waals surface area contributed by atoms with Crippen LogP contribution < -0.4 is 0 Å². The lowest BCUT2D eigenvalue weighted by Crippen LogP contribution is -2.48. The van der Waals surface area contributed by atoms with Gasteiger partial charge in [0.25, 0.3) is 0 Å². The minimum absolute atomic E-state index is 0.0851. The molecule has 1 heterocycles. The molecule has 0 aromatic carbocycles. The molecule has 2 atom stereocenters. The van der Waals surface area contributed by atoms with Crippen LogP contribution in [0, 0.1) is 5.92 Å². The van der Waals surface area contributed by atoms with E-state index in [0.29, 0.717) is 18.7 Å². The van der Waals surface area contributed by atoms with Gasteiger partial charge in [-0.05, 0) is 31.9 Å². The fraction of sp³-hybridized carbons (Fsp3) is 0.833. The number of piperidine rings is 1. The van der Waals surface area contributed by atoms with Crippen molar-refractivity contribution in [2.75, 3.05) is 18.1 Å². The highest BCUT2D eigenvalue weighted by atomic mass is 32.2. The SMILES string of the molecule is CCCSCC(=O)N1CC(C(=O)O)CCC1C. The molecular formula is C12H21NO3S. The highest BCUT2D eigenvalue weighted by molar-refractivity contribution is 7.99. The first-order valence-electron chi connectivity index (χ1n) is 6.16. The van der Waals surface area contributed by atoms with Crippen LogP contribution in [-0.2, 0) is 9.59 Å². The molecule has 2 unspecified atom stereocenters. The Balaban J connectivity index is 2.48. The van der Waals surface area contributed by atoms with Gasteiger partial charge in [0.05, 0.1) is 11.7 Å². The fourth-order valence-corrected chi connectivity index (χ4v) is 2.82. The van der Waals surface area contributed by atoms with Crippen molar-refractivity contribution >= 4 is 23.6 Å². The monoisotopic (exact) mass is 259 g/mol. The van der Waals surface area contributed by atoms with Gasteiger partial charge in [0, 0.05) is 12.6 Å². The van der Waals surface area contributed by atoms with Gasteiger partial charge in [0.1, 0.15) is 0 Å². The molecule has 5 heteroatoms. The molecule has 0 aromatic rings. The number of carboxylic acid groups (broad SMARTS) is 1. The maximum Gasteiger partial charge on any atom is 0.308 e. The first-order chi connectivity index (χ1) is 8.06.